The van der Waals surface area contributed by atoms with E-state index in [4.69, 9.17) is 17.3 Å². The van der Waals surface area contributed by atoms with Crippen molar-refractivity contribution in [2.45, 2.75) is 13.3 Å². The second-order valence-corrected chi connectivity index (χ2v) is 7.16. The van der Waals surface area contributed by atoms with E-state index < -0.39 is 0 Å². The van der Waals surface area contributed by atoms with Gasteiger partial charge in [0.25, 0.3) is 0 Å². The third-order valence-corrected chi connectivity index (χ3v) is 5.10. The monoisotopic (exact) mass is 399 g/mol. The van der Waals surface area contributed by atoms with Crippen molar-refractivity contribution in [1.82, 2.24) is 4.90 Å². The smallest absolute Gasteiger partial charge is 0.244 e. The molecule has 3 N–H and O–H groups in total. The molecule has 7 heteroatoms. The minimum absolute atomic E-state index is 0.0122. The summed E-state index contributed by atoms with van der Waals surface area (Å²) in [6.07, 6.45) is 0.990. The van der Waals surface area contributed by atoms with Gasteiger partial charge in [-0.2, -0.15) is 0 Å². The third kappa shape index (κ3) is 5.39. The van der Waals surface area contributed by atoms with Gasteiger partial charge in [-0.3, -0.25) is 4.79 Å². The predicted molar refractivity (Wildman–Crippen MR) is 116 cm³/mol. The van der Waals surface area contributed by atoms with E-state index in [-0.39, 0.29) is 18.4 Å². The van der Waals surface area contributed by atoms with Gasteiger partial charge in [0.2, 0.25) is 5.91 Å². The van der Waals surface area contributed by atoms with Crippen molar-refractivity contribution in [3.05, 3.63) is 59.1 Å². The number of hydrogen-bond donors (Lipinski definition) is 2. The van der Waals surface area contributed by atoms with Crippen molar-refractivity contribution >= 4 is 34.8 Å². The summed E-state index contributed by atoms with van der Waals surface area (Å²) in [5.74, 6) is 0.235. The van der Waals surface area contributed by atoms with Crippen LogP contribution in [0.25, 0.3) is 0 Å². The van der Waals surface area contributed by atoms with Gasteiger partial charge in [-0.05, 0) is 48.4 Å². The molecule has 1 aliphatic rings. The number of anilines is 2. The highest BCUT2D eigenvalue weighted by Crippen LogP contribution is 2.19. The molecule has 0 unspecified atom stereocenters. The predicted octanol–water partition coefficient (Wildman–Crippen LogP) is 2.98. The minimum atomic E-state index is -0.0122. The van der Waals surface area contributed by atoms with Crippen molar-refractivity contribution in [2.75, 3.05) is 42.9 Å². The highest BCUT2D eigenvalue weighted by Gasteiger charge is 2.21. The number of hydrogen-bond acceptors (Lipinski definition) is 3. The molecule has 3 rings (SSSR count). The Hall–Kier alpha value is -2.73. The summed E-state index contributed by atoms with van der Waals surface area (Å²) in [6, 6.07) is 15.8. The quantitative estimate of drug-likeness (QED) is 0.598. The van der Waals surface area contributed by atoms with Crippen LogP contribution in [0.5, 0.6) is 0 Å². The van der Waals surface area contributed by atoms with Gasteiger partial charge in [-0.15, -0.1) is 0 Å². The van der Waals surface area contributed by atoms with Crippen molar-refractivity contribution < 1.29 is 4.79 Å². The van der Waals surface area contributed by atoms with E-state index in [1.807, 2.05) is 53.4 Å². The Kier molecular flexibility index (Phi) is 6.76. The lowest BCUT2D eigenvalue weighted by Gasteiger charge is -2.36. The first-order chi connectivity index (χ1) is 13.5. The molecule has 0 radical (unpaired) electrons. The fourth-order valence-electron chi connectivity index (χ4n) is 3.13. The van der Waals surface area contributed by atoms with Crippen LogP contribution in [0.3, 0.4) is 0 Å². The molecule has 1 saturated heterocycles. The lowest BCUT2D eigenvalue weighted by atomic mass is 10.1. The third-order valence-electron chi connectivity index (χ3n) is 4.84. The van der Waals surface area contributed by atoms with Gasteiger partial charge in [-0.1, -0.05) is 30.7 Å². The number of rotatable bonds is 5. The maximum absolute atomic E-state index is 12.4. The zero-order chi connectivity index (χ0) is 19.9. The normalized spacial score (nSPS) is 14.9. The van der Waals surface area contributed by atoms with Crippen LogP contribution < -0.4 is 16.0 Å². The van der Waals surface area contributed by atoms with Crippen molar-refractivity contribution in [1.29, 1.82) is 0 Å². The Balaban J connectivity index is 1.46. The first kappa shape index (κ1) is 20.0. The molecule has 28 heavy (non-hydrogen) atoms. The average molecular weight is 400 g/mol. The van der Waals surface area contributed by atoms with Gasteiger partial charge in [0.1, 0.15) is 6.54 Å². The summed E-state index contributed by atoms with van der Waals surface area (Å²) >= 11 is 5.94. The van der Waals surface area contributed by atoms with Crippen LogP contribution in [0.15, 0.2) is 53.5 Å². The van der Waals surface area contributed by atoms with Gasteiger partial charge in [0.15, 0.2) is 5.96 Å². The molecule has 148 valence electrons. The molecule has 2 aromatic rings. The molecule has 1 amide bonds. The second-order valence-electron chi connectivity index (χ2n) is 6.72. The molecular formula is C21H26ClN5O. The van der Waals surface area contributed by atoms with Crippen LogP contribution in [0.2, 0.25) is 5.02 Å². The Morgan fingerprint density at radius 2 is 1.71 bits per heavy atom. The molecule has 0 atom stereocenters. The van der Waals surface area contributed by atoms with Gasteiger partial charge in [-0.25, -0.2) is 4.99 Å². The van der Waals surface area contributed by atoms with Gasteiger partial charge in [0.05, 0.1) is 0 Å². The molecule has 0 bridgehead atoms. The Morgan fingerprint density at radius 1 is 1.07 bits per heavy atom. The van der Waals surface area contributed by atoms with Crippen LogP contribution in [0.4, 0.5) is 11.4 Å². The highest BCUT2D eigenvalue weighted by atomic mass is 35.5. The molecule has 1 fully saturated rings. The van der Waals surface area contributed by atoms with Crippen LogP contribution in [-0.4, -0.2) is 49.5 Å². The fourth-order valence-corrected chi connectivity index (χ4v) is 3.26. The van der Waals surface area contributed by atoms with E-state index in [1.54, 1.807) is 0 Å². The number of carbonyl (C=O) groups excluding carboxylic acids is 1. The molecule has 2 aromatic carbocycles. The number of benzene rings is 2. The summed E-state index contributed by atoms with van der Waals surface area (Å²) in [5.41, 5.74) is 9.16. The molecule has 6 nitrogen and oxygen atoms in total. The fraction of sp³-hybridized carbons (Fsp3) is 0.333. The first-order valence-corrected chi connectivity index (χ1v) is 9.87. The summed E-state index contributed by atoms with van der Waals surface area (Å²) in [7, 11) is 0. The number of halogens is 1. The molecule has 0 spiro atoms. The van der Waals surface area contributed by atoms with Crippen LogP contribution in [0.1, 0.15) is 12.5 Å². The minimum Gasteiger partial charge on any atom is -0.370 e. The number of carbonyl (C=O) groups is 1. The van der Waals surface area contributed by atoms with Gasteiger partial charge < -0.3 is 20.9 Å². The molecule has 0 saturated carbocycles. The Labute approximate surface area is 171 Å². The summed E-state index contributed by atoms with van der Waals surface area (Å²) < 4.78 is 0. The van der Waals surface area contributed by atoms with Crippen LogP contribution in [0, 0.1) is 0 Å². The second kappa shape index (κ2) is 9.46. The van der Waals surface area contributed by atoms with Crippen molar-refractivity contribution in [2.24, 2.45) is 10.7 Å². The molecule has 0 aliphatic carbocycles. The van der Waals surface area contributed by atoms with E-state index in [0.29, 0.717) is 13.1 Å². The Bertz CT molecular complexity index is 812. The van der Waals surface area contributed by atoms with Crippen molar-refractivity contribution in [3.8, 4) is 0 Å². The average Bonchev–Trinajstić information content (AvgIpc) is 2.73. The number of amides is 1. The topological polar surface area (TPSA) is 74.0 Å². The zero-order valence-corrected chi connectivity index (χ0v) is 16.8. The standard InChI is InChI=1S/C21H26ClN5O/c1-2-16-3-7-18(8-4-16)25-21(23)24-15-20(28)27-13-11-26(12-14-27)19-9-5-17(22)6-10-19/h3-10H,2,11-15H2,1H3,(H3,23,24,25). The number of aryl methyl sites for hydroxylation is 1. The van der Waals surface area contributed by atoms with E-state index in [0.717, 1.165) is 35.9 Å². The number of aliphatic imine (C=N–C) groups is 1. The summed E-state index contributed by atoms with van der Waals surface area (Å²) in [5, 5.41) is 3.75. The number of piperazine rings is 1. The SMILES string of the molecule is CCc1ccc(NC(N)=NCC(=O)N2CCN(c3ccc(Cl)cc3)CC2)cc1. The number of guanidine groups is 1. The number of nitrogens with zero attached hydrogens (tertiary/aromatic N) is 3. The maximum Gasteiger partial charge on any atom is 0.244 e. The molecule has 0 aromatic heterocycles. The van der Waals surface area contributed by atoms with Crippen LogP contribution in [-0.2, 0) is 11.2 Å². The highest BCUT2D eigenvalue weighted by molar-refractivity contribution is 6.30. The lowest BCUT2D eigenvalue weighted by Crippen LogP contribution is -2.49. The molecule has 1 aliphatic heterocycles. The zero-order valence-electron chi connectivity index (χ0n) is 16.1. The summed E-state index contributed by atoms with van der Waals surface area (Å²) in [6.45, 7) is 5.07. The summed E-state index contributed by atoms with van der Waals surface area (Å²) in [4.78, 5) is 20.7. The van der Waals surface area contributed by atoms with E-state index in [2.05, 4.69) is 22.1 Å². The van der Waals surface area contributed by atoms with E-state index in [9.17, 15) is 4.79 Å². The Morgan fingerprint density at radius 3 is 2.32 bits per heavy atom. The van der Waals surface area contributed by atoms with Crippen LogP contribution >= 0.6 is 11.6 Å². The van der Waals surface area contributed by atoms with E-state index >= 15 is 0 Å². The van der Waals surface area contributed by atoms with Gasteiger partial charge >= 0.3 is 0 Å². The largest absolute Gasteiger partial charge is 0.370 e. The molecule has 1 heterocycles. The first-order valence-electron chi connectivity index (χ1n) is 9.49. The molecular weight excluding hydrogens is 374 g/mol. The number of nitrogens with two attached hydrogens (primary N) is 1. The lowest BCUT2D eigenvalue weighted by molar-refractivity contribution is -0.129. The van der Waals surface area contributed by atoms with Crippen molar-refractivity contribution in [3.63, 3.8) is 0 Å². The van der Waals surface area contributed by atoms with E-state index in [1.165, 1.54) is 5.56 Å². The maximum atomic E-state index is 12.4. The van der Waals surface area contributed by atoms with Gasteiger partial charge in [0, 0.05) is 42.6 Å². The number of nitrogens with one attached hydrogen (secondary N) is 1.